The Bertz CT molecular complexity index is 1550. The van der Waals surface area contributed by atoms with Gasteiger partial charge in [-0.2, -0.15) is 5.01 Å². The lowest BCUT2D eigenvalue weighted by molar-refractivity contribution is -0.384. The standard InChI is InChI=1S/C27H21ClIN3O6S2/c1-3-37-22-12-17(11-21(29)24(22)38-14-16-5-7-18(8-6-16)32(35)36)13-23-26(34)31(27(39)40-23)30-25(33)19-9-4-15(2)10-20(19)28/h4-13H,3,14H2,1-2H3,(H,30,33)/b23-13+. The van der Waals surface area contributed by atoms with Crippen LogP contribution < -0.4 is 14.9 Å². The van der Waals surface area contributed by atoms with Crippen molar-refractivity contribution in [2.75, 3.05) is 6.61 Å². The summed E-state index contributed by atoms with van der Waals surface area (Å²) >= 11 is 14.7. The minimum absolute atomic E-state index is 0.00150. The molecule has 206 valence electrons. The lowest BCUT2D eigenvalue weighted by Crippen LogP contribution is -2.44. The molecule has 0 aliphatic carbocycles. The van der Waals surface area contributed by atoms with Gasteiger partial charge in [-0.3, -0.25) is 25.1 Å². The molecule has 40 heavy (non-hydrogen) atoms. The molecule has 9 nitrogen and oxygen atoms in total. The van der Waals surface area contributed by atoms with E-state index in [1.165, 1.54) is 12.1 Å². The Morgan fingerprint density at radius 2 is 1.93 bits per heavy atom. The summed E-state index contributed by atoms with van der Waals surface area (Å²) in [6, 6.07) is 14.7. The van der Waals surface area contributed by atoms with Crippen LogP contribution >= 0.6 is 58.2 Å². The van der Waals surface area contributed by atoms with E-state index in [0.717, 1.165) is 31.5 Å². The highest BCUT2D eigenvalue weighted by molar-refractivity contribution is 14.1. The number of nitrogens with zero attached hydrogens (tertiary/aromatic N) is 2. The zero-order valence-electron chi connectivity index (χ0n) is 21.1. The molecule has 0 aromatic heterocycles. The Morgan fingerprint density at radius 3 is 2.58 bits per heavy atom. The summed E-state index contributed by atoms with van der Waals surface area (Å²) in [4.78, 5) is 36.6. The van der Waals surface area contributed by atoms with Crippen molar-refractivity contribution in [1.29, 1.82) is 0 Å². The summed E-state index contributed by atoms with van der Waals surface area (Å²) in [5.74, 6) is -0.0450. The molecule has 1 aliphatic heterocycles. The van der Waals surface area contributed by atoms with Crippen molar-refractivity contribution >= 4 is 86.1 Å². The summed E-state index contributed by atoms with van der Waals surface area (Å²) < 4.78 is 12.7. The molecule has 3 aromatic rings. The third-order valence-electron chi connectivity index (χ3n) is 5.54. The van der Waals surface area contributed by atoms with E-state index in [1.807, 2.05) is 19.9 Å². The number of thioether (sulfide) groups is 1. The number of ether oxygens (including phenoxy) is 2. The van der Waals surface area contributed by atoms with Gasteiger partial charge < -0.3 is 9.47 Å². The average Bonchev–Trinajstić information content (AvgIpc) is 3.15. The number of carbonyl (C=O) groups is 2. The van der Waals surface area contributed by atoms with E-state index in [4.69, 9.17) is 33.3 Å². The van der Waals surface area contributed by atoms with E-state index in [9.17, 15) is 19.7 Å². The van der Waals surface area contributed by atoms with Crippen molar-refractivity contribution in [3.8, 4) is 11.5 Å². The van der Waals surface area contributed by atoms with E-state index in [0.29, 0.717) is 28.6 Å². The third-order valence-corrected chi connectivity index (χ3v) is 7.95. The van der Waals surface area contributed by atoms with Crippen LogP contribution in [0.15, 0.2) is 59.5 Å². The Labute approximate surface area is 258 Å². The number of hydrazine groups is 1. The molecule has 0 atom stereocenters. The Kier molecular flexibility index (Phi) is 9.66. The smallest absolute Gasteiger partial charge is 0.285 e. The van der Waals surface area contributed by atoms with Crippen LogP contribution in [0.2, 0.25) is 5.02 Å². The predicted molar refractivity (Wildman–Crippen MR) is 166 cm³/mol. The van der Waals surface area contributed by atoms with Crippen molar-refractivity contribution < 1.29 is 24.0 Å². The molecule has 0 unspecified atom stereocenters. The van der Waals surface area contributed by atoms with E-state index in [2.05, 4.69) is 28.0 Å². The van der Waals surface area contributed by atoms with Crippen LogP contribution in [0.1, 0.15) is 34.0 Å². The molecule has 0 radical (unpaired) electrons. The molecule has 13 heteroatoms. The topological polar surface area (TPSA) is 111 Å². The third kappa shape index (κ3) is 6.92. The lowest BCUT2D eigenvalue weighted by Gasteiger charge is -2.16. The first kappa shape index (κ1) is 29.8. The van der Waals surface area contributed by atoms with Crippen LogP contribution in [0.4, 0.5) is 5.69 Å². The number of nitrogens with one attached hydrogen (secondary N) is 1. The van der Waals surface area contributed by atoms with Crippen molar-refractivity contribution in [3.05, 3.63) is 100 Å². The molecule has 1 heterocycles. The van der Waals surface area contributed by atoms with E-state index in [1.54, 1.807) is 42.5 Å². The molecule has 0 bridgehead atoms. The zero-order valence-corrected chi connectivity index (χ0v) is 25.7. The lowest BCUT2D eigenvalue weighted by atomic mass is 10.1. The number of nitro benzene ring substituents is 1. The summed E-state index contributed by atoms with van der Waals surface area (Å²) in [7, 11) is 0. The van der Waals surface area contributed by atoms with Gasteiger partial charge in [0.25, 0.3) is 17.5 Å². The molecule has 2 amide bonds. The number of thiocarbonyl (C=S) groups is 1. The number of hydrogen-bond donors (Lipinski definition) is 1. The number of carbonyl (C=O) groups excluding carboxylic acids is 2. The predicted octanol–water partition coefficient (Wildman–Crippen LogP) is 6.69. The molecule has 0 saturated carbocycles. The van der Waals surface area contributed by atoms with Gasteiger partial charge in [-0.15, -0.1) is 0 Å². The van der Waals surface area contributed by atoms with Gasteiger partial charge in [0.2, 0.25) is 0 Å². The van der Waals surface area contributed by atoms with Gasteiger partial charge in [0.15, 0.2) is 15.8 Å². The number of halogens is 2. The summed E-state index contributed by atoms with van der Waals surface area (Å²) in [5.41, 5.74) is 5.09. The van der Waals surface area contributed by atoms with Crippen LogP contribution in [0.3, 0.4) is 0 Å². The molecule has 1 N–H and O–H groups in total. The first-order valence-electron chi connectivity index (χ1n) is 11.7. The molecule has 0 spiro atoms. The fraction of sp³-hybridized carbons (Fsp3) is 0.148. The number of hydrogen-bond acceptors (Lipinski definition) is 8. The highest BCUT2D eigenvalue weighted by Crippen LogP contribution is 2.38. The summed E-state index contributed by atoms with van der Waals surface area (Å²) in [5, 5.41) is 12.2. The van der Waals surface area contributed by atoms with Crippen LogP contribution in [0.5, 0.6) is 11.5 Å². The number of amides is 2. The number of benzene rings is 3. The van der Waals surface area contributed by atoms with Gasteiger partial charge in [-0.05, 0) is 108 Å². The molecule has 4 rings (SSSR count). The quantitative estimate of drug-likeness (QED) is 0.0861. The van der Waals surface area contributed by atoms with Crippen molar-refractivity contribution in [2.45, 2.75) is 20.5 Å². The molecule has 3 aromatic carbocycles. The monoisotopic (exact) mass is 709 g/mol. The fourth-order valence-electron chi connectivity index (χ4n) is 3.63. The maximum absolute atomic E-state index is 13.1. The Balaban J connectivity index is 1.52. The maximum atomic E-state index is 13.1. The van der Waals surface area contributed by atoms with Gasteiger partial charge >= 0.3 is 0 Å². The highest BCUT2D eigenvalue weighted by atomic mass is 127. The number of rotatable bonds is 9. The normalized spacial score (nSPS) is 14.0. The van der Waals surface area contributed by atoms with Crippen LogP contribution in [-0.2, 0) is 11.4 Å². The fourth-order valence-corrected chi connectivity index (χ4v) is 5.91. The summed E-state index contributed by atoms with van der Waals surface area (Å²) in [6.07, 6.45) is 1.66. The SMILES string of the molecule is CCOc1cc(/C=C2/SC(=S)N(NC(=O)c3ccc(C)cc3Cl)C2=O)cc(I)c1OCc1ccc([N+](=O)[O-])cc1. The second-order valence-electron chi connectivity index (χ2n) is 8.42. The largest absolute Gasteiger partial charge is 0.490 e. The van der Waals surface area contributed by atoms with Gasteiger partial charge in [0.1, 0.15) is 6.61 Å². The number of non-ortho nitro benzene ring substituents is 1. The summed E-state index contributed by atoms with van der Waals surface area (Å²) in [6.45, 7) is 4.25. The average molecular weight is 710 g/mol. The number of aryl methyl sites for hydroxylation is 1. The zero-order chi connectivity index (χ0) is 29.0. The minimum Gasteiger partial charge on any atom is -0.490 e. The van der Waals surface area contributed by atoms with E-state index in [-0.39, 0.29) is 27.2 Å². The Hall–Kier alpha value is -3.20. The molecule has 1 aliphatic rings. The second kappa shape index (κ2) is 13.0. The van der Waals surface area contributed by atoms with Gasteiger partial charge in [-0.1, -0.05) is 29.4 Å². The molecular formula is C27H21ClIN3O6S2. The first-order chi connectivity index (χ1) is 19.1. The van der Waals surface area contributed by atoms with Gasteiger partial charge in [0.05, 0.1) is 30.6 Å². The van der Waals surface area contributed by atoms with Crippen molar-refractivity contribution in [3.63, 3.8) is 0 Å². The van der Waals surface area contributed by atoms with E-state index < -0.39 is 16.7 Å². The van der Waals surface area contributed by atoms with Gasteiger partial charge in [0, 0.05) is 12.1 Å². The maximum Gasteiger partial charge on any atom is 0.285 e. The van der Waals surface area contributed by atoms with Crippen LogP contribution in [0, 0.1) is 20.6 Å². The van der Waals surface area contributed by atoms with Crippen LogP contribution in [0.25, 0.3) is 6.08 Å². The minimum atomic E-state index is -0.551. The number of nitro groups is 1. The molecule has 1 saturated heterocycles. The van der Waals surface area contributed by atoms with Crippen molar-refractivity contribution in [1.82, 2.24) is 10.4 Å². The first-order valence-corrected chi connectivity index (χ1v) is 14.4. The Morgan fingerprint density at radius 1 is 1.20 bits per heavy atom. The molecular weight excluding hydrogens is 689 g/mol. The second-order valence-corrected chi connectivity index (χ2v) is 11.7. The van der Waals surface area contributed by atoms with Gasteiger partial charge in [-0.25, -0.2) is 0 Å². The van der Waals surface area contributed by atoms with Crippen molar-refractivity contribution in [2.24, 2.45) is 0 Å². The molecule has 1 fully saturated rings. The van der Waals surface area contributed by atoms with Crippen LogP contribution in [-0.4, -0.2) is 32.7 Å². The van der Waals surface area contributed by atoms with E-state index >= 15 is 0 Å². The highest BCUT2D eigenvalue weighted by Gasteiger charge is 2.34.